The molecule has 0 amide bonds. The molecule has 0 N–H and O–H groups in total. The highest BCUT2D eigenvalue weighted by molar-refractivity contribution is 5.35. The van der Waals surface area contributed by atoms with Crippen molar-refractivity contribution < 1.29 is 4.39 Å². The van der Waals surface area contributed by atoms with Gasteiger partial charge in [-0.05, 0) is 51.0 Å². The van der Waals surface area contributed by atoms with Crippen LogP contribution in [-0.4, -0.2) is 0 Å². The van der Waals surface area contributed by atoms with E-state index < -0.39 is 0 Å². The van der Waals surface area contributed by atoms with Gasteiger partial charge in [-0.1, -0.05) is 91.8 Å². The van der Waals surface area contributed by atoms with Crippen LogP contribution in [0.2, 0.25) is 0 Å². The van der Waals surface area contributed by atoms with Gasteiger partial charge in [0, 0.05) is 0 Å². The predicted molar refractivity (Wildman–Crippen MR) is 107 cm³/mol. The lowest BCUT2D eigenvalue weighted by atomic mass is 9.77. The Hall–Kier alpha value is -1.63. The first-order valence-corrected chi connectivity index (χ1v) is 9.21. The van der Waals surface area contributed by atoms with Crippen molar-refractivity contribution in [1.29, 1.82) is 0 Å². The molecule has 25 heavy (non-hydrogen) atoms. The molecule has 0 aliphatic rings. The molecule has 0 heterocycles. The second kappa shape index (κ2) is 6.59. The second-order valence-electron chi connectivity index (χ2n) is 9.95. The molecule has 0 nitrogen and oxygen atoms in total. The Morgan fingerprint density at radius 1 is 0.680 bits per heavy atom. The maximum atomic E-state index is 14.5. The summed E-state index contributed by atoms with van der Waals surface area (Å²) in [5.74, 6) is -0.0936. The quantitative estimate of drug-likeness (QED) is 0.567. The van der Waals surface area contributed by atoms with Gasteiger partial charge < -0.3 is 0 Å². The molecule has 0 spiro atoms. The van der Waals surface area contributed by atoms with Gasteiger partial charge in [0.05, 0.1) is 0 Å². The Bertz CT molecular complexity index is 722. The lowest BCUT2D eigenvalue weighted by Gasteiger charge is -2.28. The molecule has 2 aromatic rings. The summed E-state index contributed by atoms with van der Waals surface area (Å²) in [4.78, 5) is 0. The second-order valence-corrected chi connectivity index (χ2v) is 9.95. The molecule has 0 unspecified atom stereocenters. The van der Waals surface area contributed by atoms with Gasteiger partial charge in [0.1, 0.15) is 5.82 Å². The fourth-order valence-corrected chi connectivity index (χ4v) is 3.31. The minimum atomic E-state index is -0.166. The van der Waals surface area contributed by atoms with Crippen molar-refractivity contribution in [3.63, 3.8) is 0 Å². The highest BCUT2D eigenvalue weighted by Gasteiger charge is 2.24. The van der Waals surface area contributed by atoms with Gasteiger partial charge >= 0.3 is 0 Å². The van der Waals surface area contributed by atoms with Crippen LogP contribution in [0.15, 0.2) is 42.5 Å². The van der Waals surface area contributed by atoms with Crippen LogP contribution in [0.5, 0.6) is 0 Å². The van der Waals surface area contributed by atoms with Gasteiger partial charge in [-0.3, -0.25) is 0 Å². The van der Waals surface area contributed by atoms with Crippen LogP contribution < -0.4 is 0 Å². The number of rotatable bonds is 3. The van der Waals surface area contributed by atoms with E-state index in [9.17, 15) is 4.39 Å². The smallest absolute Gasteiger partial charge is 0.127 e. The Kier molecular flexibility index (Phi) is 5.19. The summed E-state index contributed by atoms with van der Waals surface area (Å²) in [7, 11) is 0. The third-order valence-corrected chi connectivity index (χ3v) is 5.02. The molecule has 0 aliphatic heterocycles. The van der Waals surface area contributed by atoms with E-state index in [0.29, 0.717) is 0 Å². The Balaban J connectivity index is 2.25. The van der Waals surface area contributed by atoms with Gasteiger partial charge in [-0.15, -0.1) is 0 Å². The number of hydrogen-bond donors (Lipinski definition) is 0. The molecule has 0 saturated carbocycles. The third kappa shape index (κ3) is 4.71. The lowest BCUT2D eigenvalue weighted by Crippen LogP contribution is -2.22. The maximum Gasteiger partial charge on any atom is 0.127 e. The summed E-state index contributed by atoms with van der Waals surface area (Å²) in [5.41, 5.74) is 4.43. The predicted octanol–water partition coefficient (Wildman–Crippen LogP) is 6.94. The average Bonchev–Trinajstić information content (AvgIpc) is 2.44. The van der Waals surface area contributed by atoms with E-state index in [2.05, 4.69) is 65.0 Å². The average molecular weight is 341 g/mol. The van der Waals surface area contributed by atoms with Crippen LogP contribution in [0.1, 0.15) is 77.6 Å². The largest absolute Gasteiger partial charge is 0.207 e. The fraction of sp³-hybridized carbons (Fsp3) is 0.500. The molecular weight excluding hydrogens is 307 g/mol. The lowest BCUT2D eigenvalue weighted by molar-refractivity contribution is 0.506. The zero-order valence-corrected chi connectivity index (χ0v) is 17.1. The molecule has 2 rings (SSSR count). The van der Waals surface area contributed by atoms with E-state index in [-0.39, 0.29) is 22.1 Å². The molecule has 0 atom stereocenters. The van der Waals surface area contributed by atoms with Crippen LogP contribution in [-0.2, 0) is 22.7 Å². The first-order valence-electron chi connectivity index (χ1n) is 9.21. The zero-order valence-electron chi connectivity index (χ0n) is 17.1. The highest BCUT2D eigenvalue weighted by Crippen LogP contribution is 2.32. The standard InChI is InChI=1S/C24H33F/c1-22(2,3)18-10-12-19(13-11-18)24(7,8)16-17-9-14-20(21(25)15-17)23(4,5)6/h9-15H,16H2,1-8H3. The van der Waals surface area contributed by atoms with E-state index >= 15 is 0 Å². The number of benzene rings is 2. The van der Waals surface area contributed by atoms with Crippen molar-refractivity contribution in [2.45, 2.75) is 78.1 Å². The topological polar surface area (TPSA) is 0 Å². The highest BCUT2D eigenvalue weighted by atomic mass is 19.1. The van der Waals surface area contributed by atoms with Gasteiger partial charge in [-0.25, -0.2) is 4.39 Å². The van der Waals surface area contributed by atoms with Crippen LogP contribution in [0, 0.1) is 5.82 Å². The normalized spacial score (nSPS) is 13.2. The van der Waals surface area contributed by atoms with E-state index in [1.165, 1.54) is 11.1 Å². The van der Waals surface area contributed by atoms with Crippen molar-refractivity contribution in [3.05, 3.63) is 70.5 Å². The van der Waals surface area contributed by atoms with Crippen LogP contribution in [0.4, 0.5) is 4.39 Å². The Morgan fingerprint density at radius 3 is 1.64 bits per heavy atom. The summed E-state index contributed by atoms with van der Waals surface area (Å²) in [6.07, 6.45) is 0.823. The molecule has 0 aliphatic carbocycles. The van der Waals surface area contributed by atoms with E-state index in [4.69, 9.17) is 0 Å². The Morgan fingerprint density at radius 2 is 1.20 bits per heavy atom. The summed E-state index contributed by atoms with van der Waals surface area (Å²) in [6, 6.07) is 14.6. The van der Waals surface area contributed by atoms with Crippen molar-refractivity contribution in [1.82, 2.24) is 0 Å². The van der Waals surface area contributed by atoms with E-state index in [1.807, 2.05) is 26.8 Å². The summed E-state index contributed by atoms with van der Waals surface area (Å²) in [6.45, 7) is 17.3. The van der Waals surface area contributed by atoms with Crippen molar-refractivity contribution in [3.8, 4) is 0 Å². The van der Waals surface area contributed by atoms with Crippen molar-refractivity contribution in [2.24, 2.45) is 0 Å². The van der Waals surface area contributed by atoms with Gasteiger partial charge in [0.25, 0.3) is 0 Å². The summed E-state index contributed by atoms with van der Waals surface area (Å²) < 4.78 is 14.5. The number of hydrogen-bond acceptors (Lipinski definition) is 0. The number of halogens is 1. The molecule has 0 aromatic heterocycles. The summed E-state index contributed by atoms with van der Waals surface area (Å²) in [5, 5.41) is 0. The zero-order chi connectivity index (χ0) is 19.0. The molecule has 1 heteroatoms. The SMILES string of the molecule is CC(C)(C)c1ccc(C(C)(C)Cc2ccc(C(C)(C)C)c(F)c2)cc1. The van der Waals surface area contributed by atoms with E-state index in [0.717, 1.165) is 17.5 Å². The fourth-order valence-electron chi connectivity index (χ4n) is 3.31. The Labute approximate surface area is 153 Å². The third-order valence-electron chi connectivity index (χ3n) is 5.02. The molecule has 0 bridgehead atoms. The molecule has 0 saturated heterocycles. The van der Waals surface area contributed by atoms with Crippen molar-refractivity contribution in [2.75, 3.05) is 0 Å². The van der Waals surface area contributed by atoms with Crippen molar-refractivity contribution >= 4 is 0 Å². The minimum Gasteiger partial charge on any atom is -0.207 e. The van der Waals surface area contributed by atoms with Gasteiger partial charge in [0.2, 0.25) is 0 Å². The molecular formula is C24H33F. The van der Waals surface area contributed by atoms with Crippen LogP contribution in [0.3, 0.4) is 0 Å². The molecule has 0 radical (unpaired) electrons. The summed E-state index contributed by atoms with van der Waals surface area (Å²) >= 11 is 0. The van der Waals surface area contributed by atoms with E-state index in [1.54, 1.807) is 6.07 Å². The molecule has 136 valence electrons. The first kappa shape index (κ1) is 19.7. The minimum absolute atomic E-state index is 0.0356. The monoisotopic (exact) mass is 340 g/mol. The van der Waals surface area contributed by atoms with Crippen LogP contribution >= 0.6 is 0 Å². The molecule has 2 aromatic carbocycles. The first-order chi connectivity index (χ1) is 11.3. The van der Waals surface area contributed by atoms with Gasteiger partial charge in [-0.2, -0.15) is 0 Å². The van der Waals surface area contributed by atoms with Gasteiger partial charge in [0.15, 0.2) is 0 Å². The maximum absolute atomic E-state index is 14.5. The van der Waals surface area contributed by atoms with Crippen LogP contribution in [0.25, 0.3) is 0 Å². The molecule has 0 fully saturated rings.